The van der Waals surface area contributed by atoms with Gasteiger partial charge in [-0.05, 0) is 6.42 Å². The number of carbonyl (C=O) groups is 1. The highest BCUT2D eigenvalue weighted by molar-refractivity contribution is 5.83. The summed E-state index contributed by atoms with van der Waals surface area (Å²) in [5.74, 6) is -0.169. The van der Waals surface area contributed by atoms with Gasteiger partial charge in [-0.15, -0.1) is 4.57 Å². The van der Waals surface area contributed by atoms with E-state index in [1.807, 2.05) is 11.0 Å². The fourth-order valence-electron chi connectivity index (χ4n) is 2.26. The first-order valence-electron chi connectivity index (χ1n) is 7.41. The lowest BCUT2D eigenvalue weighted by Crippen LogP contribution is -2.28. The molecule has 0 aliphatic carbocycles. The number of ether oxygens (including phenoxy) is 2. The smallest absolute Gasteiger partial charge is 0.447 e. The van der Waals surface area contributed by atoms with Gasteiger partial charge in [-0.1, -0.05) is 12.2 Å². The third-order valence-electron chi connectivity index (χ3n) is 3.37. The van der Waals surface area contributed by atoms with Gasteiger partial charge in [0.15, 0.2) is 5.65 Å². The van der Waals surface area contributed by atoms with Crippen molar-refractivity contribution in [2.75, 3.05) is 43.6 Å². The zero-order valence-electron chi connectivity index (χ0n) is 13.1. The van der Waals surface area contributed by atoms with Crippen LogP contribution in [0.2, 0.25) is 0 Å². The summed E-state index contributed by atoms with van der Waals surface area (Å²) >= 11 is 0. The van der Waals surface area contributed by atoms with E-state index in [2.05, 4.69) is 21.4 Å². The Morgan fingerprint density at radius 2 is 2.25 bits per heavy atom. The molecule has 0 atom stereocenters. The van der Waals surface area contributed by atoms with E-state index in [1.165, 1.54) is 7.11 Å². The van der Waals surface area contributed by atoms with Crippen molar-refractivity contribution in [1.82, 2.24) is 14.5 Å². The Bertz CT molecular complexity index is 811. The number of nitrogens with zero attached hydrogens (tertiary/aromatic N) is 4. The van der Waals surface area contributed by atoms with Gasteiger partial charge in [-0.25, -0.2) is 9.59 Å². The van der Waals surface area contributed by atoms with E-state index < -0.39 is 11.8 Å². The van der Waals surface area contributed by atoms with E-state index >= 15 is 0 Å². The molecule has 0 saturated carbocycles. The highest BCUT2D eigenvalue weighted by Crippen LogP contribution is 2.19. The lowest BCUT2D eigenvalue weighted by Gasteiger charge is -2.24. The van der Waals surface area contributed by atoms with Gasteiger partial charge >= 0.3 is 11.8 Å². The minimum absolute atomic E-state index is 0.0223. The Morgan fingerprint density at radius 3 is 3.00 bits per heavy atom. The molecule has 0 unspecified atom stereocenters. The molecule has 1 N–H and O–H groups in total. The summed E-state index contributed by atoms with van der Waals surface area (Å²) in [5.41, 5.74) is 0.256. The Kier molecular flexibility index (Phi) is 4.75. The average molecular weight is 335 g/mol. The lowest BCUT2D eigenvalue weighted by atomic mass is 10.2. The first kappa shape index (κ1) is 16.0. The molecule has 10 nitrogen and oxygen atoms in total. The molecule has 2 aromatic heterocycles. The molecule has 0 spiro atoms. The van der Waals surface area contributed by atoms with Crippen molar-refractivity contribution in [2.45, 2.75) is 6.42 Å². The number of aromatic nitrogens is 3. The molecule has 0 fully saturated rings. The van der Waals surface area contributed by atoms with E-state index in [-0.39, 0.29) is 24.8 Å². The highest BCUT2D eigenvalue weighted by atomic mass is 16.6. The molecule has 10 heteroatoms. The number of rotatable bonds is 5. The third-order valence-corrected chi connectivity index (χ3v) is 3.37. The van der Waals surface area contributed by atoms with Gasteiger partial charge in [0.1, 0.15) is 12.4 Å². The molecule has 3 heterocycles. The van der Waals surface area contributed by atoms with Crippen LogP contribution in [0.1, 0.15) is 6.42 Å². The number of hydrogen-bond acceptors (Lipinski definition) is 8. The number of carbonyl (C=O) groups excluding carboxylic acids is 1. The van der Waals surface area contributed by atoms with Crippen LogP contribution in [0.25, 0.3) is 5.65 Å². The van der Waals surface area contributed by atoms with Crippen molar-refractivity contribution in [3.63, 3.8) is 0 Å². The van der Waals surface area contributed by atoms with Gasteiger partial charge in [-0.3, -0.25) is 5.32 Å². The van der Waals surface area contributed by atoms with Gasteiger partial charge in [0, 0.05) is 26.3 Å². The number of nitrogens with one attached hydrogen (secondary N) is 1. The van der Waals surface area contributed by atoms with E-state index in [1.54, 1.807) is 6.07 Å². The van der Waals surface area contributed by atoms with Crippen molar-refractivity contribution in [1.29, 1.82) is 0 Å². The minimum atomic E-state index is -0.775. The highest BCUT2D eigenvalue weighted by Gasteiger charge is 2.17. The first-order valence-corrected chi connectivity index (χ1v) is 7.41. The molecule has 1 aliphatic heterocycles. The molecule has 1 aliphatic rings. The summed E-state index contributed by atoms with van der Waals surface area (Å²) in [5, 5.41) is 2.45. The van der Waals surface area contributed by atoms with Crippen molar-refractivity contribution in [3.05, 3.63) is 28.8 Å². The second-order valence-corrected chi connectivity index (χ2v) is 5.02. The Morgan fingerprint density at radius 1 is 1.38 bits per heavy atom. The van der Waals surface area contributed by atoms with Gasteiger partial charge in [0.05, 0.1) is 6.61 Å². The van der Waals surface area contributed by atoms with E-state index in [9.17, 15) is 9.59 Å². The lowest BCUT2D eigenvalue weighted by molar-refractivity contribution is 0.107. The van der Waals surface area contributed by atoms with E-state index in [0.29, 0.717) is 12.4 Å². The van der Waals surface area contributed by atoms with Crippen molar-refractivity contribution < 1.29 is 18.8 Å². The normalized spacial score (nSPS) is 14.1. The Hall–Kier alpha value is -2.88. The number of amides is 1. The van der Waals surface area contributed by atoms with Gasteiger partial charge < -0.3 is 18.9 Å². The largest absolute Gasteiger partial charge is 0.460 e. The molecule has 0 saturated heterocycles. The summed E-state index contributed by atoms with van der Waals surface area (Å²) in [6.45, 7) is 1.83. The molecule has 3 rings (SSSR count). The standard InChI is InChI=1S/C14H17N5O5/c1-22-7-8-23-13(20)17-12-15-10(18-5-3-2-4-6-18)9-11-16-14(21)24-19(11)12/h2-3,9H,4-8H2,1H3,(H,15,17,20). The number of hydrogen-bond donors (Lipinski definition) is 1. The van der Waals surface area contributed by atoms with Crippen molar-refractivity contribution in [3.8, 4) is 0 Å². The second kappa shape index (κ2) is 7.13. The summed E-state index contributed by atoms with van der Waals surface area (Å²) in [6, 6.07) is 1.63. The molecule has 2 aromatic rings. The Balaban J connectivity index is 1.88. The van der Waals surface area contributed by atoms with Crippen LogP contribution in [-0.2, 0) is 9.47 Å². The first-order chi connectivity index (χ1) is 11.7. The summed E-state index contributed by atoms with van der Waals surface area (Å²) in [4.78, 5) is 33.3. The van der Waals surface area contributed by atoms with Crippen LogP contribution < -0.4 is 16.0 Å². The maximum Gasteiger partial charge on any atom is 0.460 e. The number of methoxy groups -OCH3 is 1. The van der Waals surface area contributed by atoms with E-state index in [4.69, 9.17) is 14.0 Å². The maximum absolute atomic E-state index is 11.8. The van der Waals surface area contributed by atoms with Crippen molar-refractivity contribution in [2.24, 2.45) is 0 Å². The fraction of sp³-hybridized carbons (Fsp3) is 0.429. The molecular formula is C14H17N5O5. The fourth-order valence-corrected chi connectivity index (χ4v) is 2.26. The van der Waals surface area contributed by atoms with Crippen LogP contribution in [0.3, 0.4) is 0 Å². The van der Waals surface area contributed by atoms with E-state index in [0.717, 1.165) is 17.5 Å². The van der Waals surface area contributed by atoms with Crippen LogP contribution in [0.5, 0.6) is 0 Å². The summed E-state index contributed by atoms with van der Waals surface area (Å²) in [7, 11) is 1.50. The molecule has 0 aromatic carbocycles. The van der Waals surface area contributed by atoms with Crippen LogP contribution in [0.4, 0.5) is 16.6 Å². The minimum Gasteiger partial charge on any atom is -0.447 e. The monoisotopic (exact) mass is 335 g/mol. The molecule has 24 heavy (non-hydrogen) atoms. The summed E-state index contributed by atoms with van der Waals surface area (Å²) in [6.07, 6.45) is 4.27. The van der Waals surface area contributed by atoms with Crippen LogP contribution >= 0.6 is 0 Å². The average Bonchev–Trinajstić information content (AvgIpc) is 2.96. The molecule has 128 valence electrons. The van der Waals surface area contributed by atoms with Crippen molar-refractivity contribution >= 4 is 23.5 Å². The SMILES string of the molecule is COCCOC(=O)Nc1nc(N2CC=CCC2)cc2nc(=O)on12. The Labute approximate surface area is 136 Å². The molecule has 0 radical (unpaired) electrons. The topological polar surface area (TPSA) is 111 Å². The van der Waals surface area contributed by atoms with Crippen LogP contribution in [0, 0.1) is 0 Å². The zero-order chi connectivity index (χ0) is 16.9. The second-order valence-electron chi connectivity index (χ2n) is 5.02. The molecular weight excluding hydrogens is 318 g/mol. The molecule has 0 bridgehead atoms. The third kappa shape index (κ3) is 3.54. The predicted octanol–water partition coefficient (Wildman–Crippen LogP) is 0.644. The summed E-state index contributed by atoms with van der Waals surface area (Å²) < 4.78 is 15.7. The number of fused-ring (bicyclic) bond motifs is 1. The predicted molar refractivity (Wildman–Crippen MR) is 84.3 cm³/mol. The quantitative estimate of drug-likeness (QED) is 0.626. The van der Waals surface area contributed by atoms with Gasteiger partial charge in [0.2, 0.25) is 0 Å². The van der Waals surface area contributed by atoms with Crippen LogP contribution in [-0.4, -0.2) is 54.0 Å². The molecule has 1 amide bonds. The number of anilines is 2. The van der Waals surface area contributed by atoms with Gasteiger partial charge in [-0.2, -0.15) is 9.97 Å². The zero-order valence-corrected chi connectivity index (χ0v) is 13.1. The van der Waals surface area contributed by atoms with Gasteiger partial charge in [0.25, 0.3) is 5.95 Å². The van der Waals surface area contributed by atoms with Crippen LogP contribution in [0.15, 0.2) is 27.5 Å². The maximum atomic E-state index is 11.8.